The molecular weight excluding hydrogens is 260 g/mol. The van der Waals surface area contributed by atoms with Crippen molar-refractivity contribution in [1.82, 2.24) is 14.6 Å². The summed E-state index contributed by atoms with van der Waals surface area (Å²) in [6, 6.07) is 1.53. The molecule has 1 fully saturated rings. The second kappa shape index (κ2) is 4.59. The molecule has 2 unspecified atom stereocenters. The Morgan fingerprint density at radius 1 is 1.32 bits per heavy atom. The van der Waals surface area contributed by atoms with Gasteiger partial charge in [0, 0.05) is 24.8 Å². The normalized spacial score (nSPS) is 24.1. The Morgan fingerprint density at radius 2 is 2.00 bits per heavy atom. The molecule has 102 valence electrons. The molecule has 1 aliphatic rings. The fourth-order valence-corrected chi connectivity index (χ4v) is 3.83. The van der Waals surface area contributed by atoms with Crippen molar-refractivity contribution in [3.05, 3.63) is 22.1 Å². The van der Waals surface area contributed by atoms with Crippen LogP contribution in [0.2, 0.25) is 0 Å². The van der Waals surface area contributed by atoms with Gasteiger partial charge in [-0.2, -0.15) is 4.52 Å². The summed E-state index contributed by atoms with van der Waals surface area (Å²) in [5, 5.41) is 5.34. The topological polar surface area (TPSA) is 50.5 Å². The zero-order chi connectivity index (χ0) is 13.6. The molecule has 2 atom stereocenters. The van der Waals surface area contributed by atoms with Crippen molar-refractivity contribution in [2.75, 3.05) is 18.0 Å². The molecule has 0 radical (unpaired) electrons. The van der Waals surface area contributed by atoms with Gasteiger partial charge in [0.15, 0.2) is 0 Å². The summed E-state index contributed by atoms with van der Waals surface area (Å²) in [6.45, 7) is 8.40. The first-order chi connectivity index (χ1) is 9.02. The molecule has 0 aliphatic carbocycles. The van der Waals surface area contributed by atoms with Gasteiger partial charge < -0.3 is 4.90 Å². The number of nitrogens with zero attached hydrogens (tertiary/aromatic N) is 4. The fraction of sp³-hybridized carbons (Fsp3) is 0.615. The number of anilines is 1. The molecule has 0 spiro atoms. The van der Waals surface area contributed by atoms with E-state index >= 15 is 0 Å². The molecule has 5 nitrogen and oxygen atoms in total. The Hall–Kier alpha value is -1.43. The highest BCUT2D eigenvalue weighted by Gasteiger charge is 2.24. The predicted molar refractivity (Wildman–Crippen MR) is 77.0 cm³/mol. The van der Waals surface area contributed by atoms with E-state index in [2.05, 4.69) is 28.8 Å². The molecule has 1 saturated heterocycles. The van der Waals surface area contributed by atoms with Crippen LogP contribution in [0.4, 0.5) is 5.13 Å². The lowest BCUT2D eigenvalue weighted by atomic mass is 9.92. The molecule has 0 bridgehead atoms. The Bertz CT molecular complexity index is 652. The van der Waals surface area contributed by atoms with Crippen LogP contribution in [0.3, 0.4) is 0 Å². The summed E-state index contributed by atoms with van der Waals surface area (Å²) < 4.78 is 1.41. The van der Waals surface area contributed by atoms with E-state index in [1.807, 2.05) is 6.92 Å². The van der Waals surface area contributed by atoms with Crippen LogP contribution in [0.15, 0.2) is 10.9 Å². The second-order valence-electron chi connectivity index (χ2n) is 5.67. The van der Waals surface area contributed by atoms with E-state index in [0.717, 1.165) is 23.9 Å². The van der Waals surface area contributed by atoms with E-state index in [-0.39, 0.29) is 5.56 Å². The van der Waals surface area contributed by atoms with Crippen LogP contribution < -0.4 is 10.5 Å². The second-order valence-corrected chi connectivity index (χ2v) is 6.60. The molecular formula is C13H18N4OS. The molecule has 19 heavy (non-hydrogen) atoms. The highest BCUT2D eigenvalue weighted by molar-refractivity contribution is 7.20. The van der Waals surface area contributed by atoms with Gasteiger partial charge in [-0.25, -0.2) is 4.98 Å². The predicted octanol–water partition coefficient (Wildman–Crippen LogP) is 1.94. The lowest BCUT2D eigenvalue weighted by molar-refractivity contribution is 0.356. The fourth-order valence-electron chi connectivity index (χ4n) is 2.86. The first-order valence-electron chi connectivity index (χ1n) is 6.65. The monoisotopic (exact) mass is 278 g/mol. The Labute approximate surface area is 115 Å². The number of aromatic nitrogens is 3. The maximum absolute atomic E-state index is 11.9. The molecule has 2 aromatic rings. The summed E-state index contributed by atoms with van der Waals surface area (Å²) in [4.78, 5) is 19.2. The van der Waals surface area contributed by atoms with Gasteiger partial charge in [-0.1, -0.05) is 25.2 Å². The van der Waals surface area contributed by atoms with Crippen LogP contribution in [0.5, 0.6) is 0 Å². The molecule has 0 saturated carbocycles. The van der Waals surface area contributed by atoms with Crippen molar-refractivity contribution in [1.29, 1.82) is 0 Å². The van der Waals surface area contributed by atoms with Gasteiger partial charge >= 0.3 is 0 Å². The van der Waals surface area contributed by atoms with Crippen LogP contribution in [0, 0.1) is 18.8 Å². The minimum Gasteiger partial charge on any atom is -0.346 e. The van der Waals surface area contributed by atoms with Crippen molar-refractivity contribution in [2.45, 2.75) is 27.2 Å². The number of rotatable bonds is 1. The van der Waals surface area contributed by atoms with Gasteiger partial charge in [0.25, 0.3) is 5.56 Å². The van der Waals surface area contributed by atoms with Gasteiger partial charge in [0.05, 0.1) is 0 Å². The van der Waals surface area contributed by atoms with Crippen molar-refractivity contribution < 1.29 is 0 Å². The lowest BCUT2D eigenvalue weighted by Gasteiger charge is -2.34. The zero-order valence-corrected chi connectivity index (χ0v) is 12.3. The van der Waals surface area contributed by atoms with E-state index in [0.29, 0.717) is 16.8 Å². The third kappa shape index (κ3) is 2.36. The Balaban J connectivity index is 2.01. The summed E-state index contributed by atoms with van der Waals surface area (Å²) >= 11 is 1.50. The van der Waals surface area contributed by atoms with Crippen LogP contribution in [-0.4, -0.2) is 27.7 Å². The van der Waals surface area contributed by atoms with Gasteiger partial charge in [-0.15, -0.1) is 5.10 Å². The van der Waals surface area contributed by atoms with E-state index < -0.39 is 0 Å². The van der Waals surface area contributed by atoms with Crippen LogP contribution in [0.1, 0.15) is 26.0 Å². The first-order valence-corrected chi connectivity index (χ1v) is 7.47. The average Bonchev–Trinajstić information content (AvgIpc) is 2.71. The number of fused-ring (bicyclic) bond motifs is 1. The van der Waals surface area contributed by atoms with E-state index in [9.17, 15) is 4.79 Å². The zero-order valence-electron chi connectivity index (χ0n) is 11.5. The van der Waals surface area contributed by atoms with Crippen LogP contribution in [0.25, 0.3) is 4.96 Å². The third-order valence-corrected chi connectivity index (χ3v) is 4.47. The minimum absolute atomic E-state index is 0.0943. The molecule has 3 heterocycles. The van der Waals surface area contributed by atoms with Crippen LogP contribution >= 0.6 is 11.3 Å². The first kappa shape index (κ1) is 12.6. The Morgan fingerprint density at radius 3 is 2.68 bits per heavy atom. The number of aryl methyl sites for hydroxylation is 1. The minimum atomic E-state index is -0.0943. The smallest absolute Gasteiger partial charge is 0.275 e. The van der Waals surface area contributed by atoms with Crippen molar-refractivity contribution in [2.24, 2.45) is 11.8 Å². The highest BCUT2D eigenvalue weighted by Crippen LogP contribution is 2.28. The van der Waals surface area contributed by atoms with E-state index in [1.54, 1.807) is 0 Å². The molecule has 1 aliphatic heterocycles. The molecule has 6 heteroatoms. The molecule has 2 aromatic heterocycles. The number of piperidine rings is 1. The maximum Gasteiger partial charge on any atom is 0.275 e. The lowest BCUT2D eigenvalue weighted by Crippen LogP contribution is -2.38. The summed E-state index contributed by atoms with van der Waals surface area (Å²) in [5.41, 5.74) is 0.656. The molecule has 0 N–H and O–H groups in total. The highest BCUT2D eigenvalue weighted by atomic mass is 32.1. The van der Waals surface area contributed by atoms with Gasteiger partial charge in [0.1, 0.15) is 0 Å². The van der Waals surface area contributed by atoms with Gasteiger partial charge in [0.2, 0.25) is 10.1 Å². The van der Waals surface area contributed by atoms with Crippen molar-refractivity contribution in [3.8, 4) is 0 Å². The molecule has 3 rings (SSSR count). The summed E-state index contributed by atoms with van der Waals surface area (Å²) in [6.07, 6.45) is 1.26. The quantitative estimate of drug-likeness (QED) is 0.800. The van der Waals surface area contributed by atoms with Crippen molar-refractivity contribution in [3.63, 3.8) is 0 Å². The molecule has 0 amide bonds. The average molecular weight is 278 g/mol. The number of hydrogen-bond acceptors (Lipinski definition) is 5. The van der Waals surface area contributed by atoms with E-state index in [1.165, 1.54) is 28.3 Å². The van der Waals surface area contributed by atoms with Gasteiger partial charge in [-0.3, -0.25) is 4.79 Å². The molecule has 0 aromatic carbocycles. The Kier molecular flexibility index (Phi) is 3.05. The SMILES string of the molecule is Cc1cc(=O)n2nc(N3CC(C)CC(C)C3)sc2n1. The standard InChI is InChI=1S/C13H18N4OS/c1-8-4-9(2)7-16(6-8)13-15-17-11(18)5-10(3)14-12(17)19-13/h5,8-9H,4,6-7H2,1-3H3. The third-order valence-electron chi connectivity index (χ3n) is 3.50. The van der Waals surface area contributed by atoms with Crippen molar-refractivity contribution >= 4 is 21.4 Å². The summed E-state index contributed by atoms with van der Waals surface area (Å²) in [7, 11) is 0. The summed E-state index contributed by atoms with van der Waals surface area (Å²) in [5.74, 6) is 1.34. The van der Waals surface area contributed by atoms with E-state index in [4.69, 9.17) is 0 Å². The van der Waals surface area contributed by atoms with Crippen LogP contribution in [-0.2, 0) is 0 Å². The maximum atomic E-state index is 11.9. The number of hydrogen-bond donors (Lipinski definition) is 0. The largest absolute Gasteiger partial charge is 0.346 e. The van der Waals surface area contributed by atoms with Gasteiger partial charge in [-0.05, 0) is 25.2 Å².